The van der Waals surface area contributed by atoms with E-state index >= 15 is 0 Å². The number of hydrogen-bond acceptors (Lipinski definition) is 6. The van der Waals surface area contributed by atoms with Gasteiger partial charge in [-0.1, -0.05) is 41.6 Å². The van der Waals surface area contributed by atoms with E-state index in [1.54, 1.807) is 29.4 Å². The number of benzene rings is 2. The highest BCUT2D eigenvalue weighted by Crippen LogP contribution is 2.28. The topological polar surface area (TPSA) is 94.1 Å². The quantitative estimate of drug-likeness (QED) is 0.385. The van der Waals surface area contributed by atoms with Crippen molar-refractivity contribution in [1.29, 1.82) is 0 Å². The third-order valence-electron chi connectivity index (χ3n) is 5.59. The number of fused-ring (bicyclic) bond motifs is 1. The Morgan fingerprint density at radius 1 is 1.00 bits per heavy atom. The lowest BCUT2D eigenvalue weighted by Gasteiger charge is -2.22. The lowest BCUT2D eigenvalue weighted by atomic mass is 10.1. The zero-order valence-electron chi connectivity index (χ0n) is 18.5. The van der Waals surface area contributed by atoms with Crippen molar-refractivity contribution in [3.63, 3.8) is 0 Å². The van der Waals surface area contributed by atoms with Gasteiger partial charge < -0.3 is 9.42 Å². The number of nitrogens with zero attached hydrogens (tertiary/aromatic N) is 5. The summed E-state index contributed by atoms with van der Waals surface area (Å²) in [5, 5.41) is 4.79. The number of aromatic nitrogens is 4. The van der Waals surface area contributed by atoms with Crippen LogP contribution in [0.5, 0.6) is 0 Å². The number of carbonyl (C=O) groups is 1. The summed E-state index contributed by atoms with van der Waals surface area (Å²) < 4.78 is 6.98. The third-order valence-corrected chi connectivity index (χ3v) is 5.59. The molecule has 0 spiro atoms. The van der Waals surface area contributed by atoms with Crippen molar-refractivity contribution in [2.24, 2.45) is 0 Å². The Morgan fingerprint density at radius 3 is 2.50 bits per heavy atom. The van der Waals surface area contributed by atoms with E-state index in [0.29, 0.717) is 23.4 Å². The number of rotatable bonds is 6. The van der Waals surface area contributed by atoms with Gasteiger partial charge in [-0.15, -0.1) is 0 Å². The van der Waals surface area contributed by atoms with Crippen molar-refractivity contribution in [2.75, 3.05) is 11.4 Å². The molecule has 8 nitrogen and oxygen atoms in total. The Labute approximate surface area is 195 Å². The van der Waals surface area contributed by atoms with Gasteiger partial charge in [0, 0.05) is 41.6 Å². The predicted molar refractivity (Wildman–Crippen MR) is 129 cm³/mol. The molecule has 0 aliphatic carbocycles. The van der Waals surface area contributed by atoms with Gasteiger partial charge in [0.25, 0.3) is 11.4 Å². The molecular formula is C26H21N5O3. The molecule has 34 heavy (non-hydrogen) atoms. The standard InChI is InChI=1S/C26H21N5O3/c1-2-30(19-8-4-3-5-9-19)24(33)17-31-22-11-7-6-10-20(22)21(16-23(31)32)26-28-25(29-34-26)18-12-14-27-15-13-18/h3-16H,2,17H2,1H3. The molecular weight excluding hydrogens is 430 g/mol. The second kappa shape index (κ2) is 9.11. The van der Waals surface area contributed by atoms with Gasteiger partial charge in [-0.25, -0.2) is 0 Å². The normalized spacial score (nSPS) is 11.0. The van der Waals surface area contributed by atoms with Crippen LogP contribution >= 0.6 is 0 Å². The molecule has 0 aliphatic rings. The fourth-order valence-corrected chi connectivity index (χ4v) is 3.96. The fourth-order valence-electron chi connectivity index (χ4n) is 3.96. The lowest BCUT2D eigenvalue weighted by Crippen LogP contribution is -2.36. The summed E-state index contributed by atoms with van der Waals surface area (Å²) in [5.74, 6) is 0.465. The minimum atomic E-state index is -0.324. The minimum Gasteiger partial charge on any atom is -0.334 e. The Kier molecular flexibility index (Phi) is 5.70. The summed E-state index contributed by atoms with van der Waals surface area (Å²) in [4.78, 5) is 36.5. The number of anilines is 1. The van der Waals surface area contributed by atoms with E-state index in [0.717, 1.165) is 16.6 Å². The van der Waals surface area contributed by atoms with E-state index in [4.69, 9.17) is 4.52 Å². The molecule has 0 fully saturated rings. The number of hydrogen-bond donors (Lipinski definition) is 0. The van der Waals surface area contributed by atoms with Crippen LogP contribution < -0.4 is 10.5 Å². The first kappa shape index (κ1) is 21.3. The SMILES string of the molecule is CCN(C(=O)Cn1c(=O)cc(-c2nc(-c3ccncc3)no2)c2ccccc21)c1ccccc1. The average Bonchev–Trinajstić information content (AvgIpc) is 3.37. The second-order valence-electron chi connectivity index (χ2n) is 7.63. The molecule has 2 aromatic carbocycles. The molecule has 0 saturated carbocycles. The van der Waals surface area contributed by atoms with Crippen LogP contribution in [-0.2, 0) is 11.3 Å². The minimum absolute atomic E-state index is 0.0888. The van der Waals surface area contributed by atoms with Crippen LogP contribution in [0.3, 0.4) is 0 Å². The highest BCUT2D eigenvalue weighted by molar-refractivity contribution is 5.96. The van der Waals surface area contributed by atoms with E-state index in [9.17, 15) is 9.59 Å². The highest BCUT2D eigenvalue weighted by Gasteiger charge is 2.20. The molecule has 3 aromatic heterocycles. The molecule has 3 heterocycles. The lowest BCUT2D eigenvalue weighted by molar-refractivity contribution is -0.119. The maximum atomic E-state index is 13.2. The van der Waals surface area contributed by atoms with Crippen molar-refractivity contribution in [1.82, 2.24) is 19.7 Å². The van der Waals surface area contributed by atoms with E-state index < -0.39 is 0 Å². The largest absolute Gasteiger partial charge is 0.334 e. The first-order chi connectivity index (χ1) is 16.7. The van der Waals surface area contributed by atoms with Crippen LogP contribution in [0.15, 0.2) is 94.5 Å². The first-order valence-electron chi connectivity index (χ1n) is 10.9. The summed E-state index contributed by atoms with van der Waals surface area (Å²) in [6.07, 6.45) is 3.29. The van der Waals surface area contributed by atoms with Gasteiger partial charge in [0.15, 0.2) is 0 Å². The Hall–Kier alpha value is -4.59. The van der Waals surface area contributed by atoms with Gasteiger partial charge in [0.2, 0.25) is 11.7 Å². The van der Waals surface area contributed by atoms with Crippen LogP contribution in [0.4, 0.5) is 5.69 Å². The number of amides is 1. The molecule has 0 aliphatic heterocycles. The maximum Gasteiger partial charge on any atom is 0.259 e. The molecule has 0 bridgehead atoms. The highest BCUT2D eigenvalue weighted by atomic mass is 16.5. The van der Waals surface area contributed by atoms with E-state index in [-0.39, 0.29) is 23.9 Å². The zero-order valence-corrected chi connectivity index (χ0v) is 18.5. The number of carbonyl (C=O) groups excluding carboxylic acids is 1. The van der Waals surface area contributed by atoms with Crippen LogP contribution in [0.1, 0.15) is 6.92 Å². The van der Waals surface area contributed by atoms with E-state index in [1.165, 1.54) is 10.6 Å². The van der Waals surface area contributed by atoms with Gasteiger partial charge in [-0.3, -0.25) is 19.1 Å². The molecule has 1 amide bonds. The third kappa shape index (κ3) is 3.97. The maximum absolute atomic E-state index is 13.2. The van der Waals surface area contributed by atoms with Crippen molar-refractivity contribution in [3.8, 4) is 22.8 Å². The Bertz CT molecular complexity index is 1510. The molecule has 0 atom stereocenters. The van der Waals surface area contributed by atoms with Crippen LogP contribution in [0, 0.1) is 0 Å². The summed E-state index contributed by atoms with van der Waals surface area (Å²) in [6, 6.07) is 21.8. The molecule has 8 heteroatoms. The Morgan fingerprint density at radius 2 is 1.74 bits per heavy atom. The molecule has 0 saturated heterocycles. The van der Waals surface area contributed by atoms with Crippen molar-refractivity contribution >= 4 is 22.5 Å². The molecule has 5 aromatic rings. The number of para-hydroxylation sites is 2. The van der Waals surface area contributed by atoms with Gasteiger partial charge in [-0.05, 0) is 37.3 Å². The monoisotopic (exact) mass is 451 g/mol. The van der Waals surface area contributed by atoms with Gasteiger partial charge in [0.1, 0.15) is 6.54 Å². The smallest absolute Gasteiger partial charge is 0.259 e. The van der Waals surface area contributed by atoms with Crippen molar-refractivity contribution in [3.05, 3.63) is 95.5 Å². The summed E-state index contributed by atoms with van der Waals surface area (Å²) >= 11 is 0. The van der Waals surface area contributed by atoms with Crippen molar-refractivity contribution in [2.45, 2.75) is 13.5 Å². The first-order valence-corrected chi connectivity index (χ1v) is 10.9. The number of pyridine rings is 2. The predicted octanol–water partition coefficient (Wildman–Crippen LogP) is 4.17. The van der Waals surface area contributed by atoms with E-state index in [1.807, 2.05) is 61.5 Å². The summed E-state index contributed by atoms with van der Waals surface area (Å²) in [7, 11) is 0. The molecule has 0 N–H and O–H groups in total. The second-order valence-corrected chi connectivity index (χ2v) is 7.63. The number of likely N-dealkylation sites (N-methyl/N-ethyl adjacent to an activating group) is 1. The summed E-state index contributed by atoms with van der Waals surface area (Å²) in [5.41, 5.74) is 2.36. The fraction of sp³-hybridized carbons (Fsp3) is 0.115. The Balaban J connectivity index is 1.55. The summed E-state index contributed by atoms with van der Waals surface area (Å²) in [6.45, 7) is 2.31. The van der Waals surface area contributed by atoms with Gasteiger partial charge >= 0.3 is 0 Å². The van der Waals surface area contributed by atoms with Gasteiger partial charge in [-0.2, -0.15) is 4.98 Å². The van der Waals surface area contributed by atoms with Crippen LogP contribution in [0.25, 0.3) is 33.7 Å². The molecule has 0 radical (unpaired) electrons. The van der Waals surface area contributed by atoms with Gasteiger partial charge in [0.05, 0.1) is 11.1 Å². The van der Waals surface area contributed by atoms with Crippen molar-refractivity contribution < 1.29 is 9.32 Å². The van der Waals surface area contributed by atoms with E-state index in [2.05, 4.69) is 15.1 Å². The van der Waals surface area contributed by atoms with Crippen LogP contribution in [0.2, 0.25) is 0 Å². The van der Waals surface area contributed by atoms with Crippen LogP contribution in [-0.4, -0.2) is 32.1 Å². The molecule has 5 rings (SSSR count). The average molecular weight is 451 g/mol. The molecule has 0 unspecified atom stereocenters. The zero-order chi connectivity index (χ0) is 23.5. The molecule has 168 valence electrons.